The summed E-state index contributed by atoms with van der Waals surface area (Å²) in [4.78, 5) is 9.00. The van der Waals surface area contributed by atoms with Crippen molar-refractivity contribution in [3.8, 4) is 28.0 Å². The van der Waals surface area contributed by atoms with Crippen molar-refractivity contribution in [2.75, 3.05) is 61.4 Å². The number of pyridine rings is 1. The molecule has 0 aliphatic carbocycles. The molecule has 1 aromatic heterocycles. The molecule has 1 aliphatic heterocycles. The normalized spacial score (nSPS) is 14.6. The van der Waals surface area contributed by atoms with Crippen molar-refractivity contribution in [3.63, 3.8) is 0 Å². The summed E-state index contributed by atoms with van der Waals surface area (Å²) < 4.78 is 47.2. The van der Waals surface area contributed by atoms with Crippen LogP contribution in [0.3, 0.4) is 0 Å². The third-order valence-corrected chi connectivity index (χ3v) is 7.76. The van der Waals surface area contributed by atoms with Gasteiger partial charge < -0.3 is 20.3 Å². The molecule has 0 spiro atoms. The van der Waals surface area contributed by atoms with Crippen molar-refractivity contribution in [2.24, 2.45) is 0 Å². The van der Waals surface area contributed by atoms with Gasteiger partial charge in [0.05, 0.1) is 18.6 Å². The van der Waals surface area contributed by atoms with Gasteiger partial charge in [-0.3, -0.25) is 4.72 Å². The van der Waals surface area contributed by atoms with Crippen molar-refractivity contribution in [1.82, 2.24) is 9.88 Å². The fourth-order valence-electron chi connectivity index (χ4n) is 4.31. The van der Waals surface area contributed by atoms with E-state index >= 15 is 0 Å². The number of piperazine rings is 1. The number of anilines is 3. The first-order valence-corrected chi connectivity index (χ1v) is 13.5. The molecule has 1 saturated heterocycles. The largest absolute Gasteiger partial charge is 0.492 e. The lowest BCUT2D eigenvalue weighted by Crippen LogP contribution is -2.44. The molecule has 3 aromatic rings. The molecule has 8 nitrogen and oxygen atoms in total. The highest BCUT2D eigenvalue weighted by Gasteiger charge is 2.19. The standard InChI is InChI=1S/C26H32FN5O3S/c1-4-13-36(33,34)30-24-16-19(15-23(27)25(24)35-3)22-14-20(17-29-26(22)28)18-5-7-21(8-6-18)32-11-9-31(2)10-12-32/h5-8,14-17,30H,4,9-13H2,1-3H3,(H2,28,29). The van der Waals surface area contributed by atoms with E-state index in [2.05, 4.69) is 38.7 Å². The van der Waals surface area contributed by atoms with E-state index in [1.54, 1.807) is 13.1 Å². The maximum atomic E-state index is 14.9. The molecule has 10 heteroatoms. The van der Waals surface area contributed by atoms with Gasteiger partial charge in [-0.15, -0.1) is 0 Å². The molecule has 2 aromatic carbocycles. The first-order valence-electron chi connectivity index (χ1n) is 11.9. The van der Waals surface area contributed by atoms with Crippen LogP contribution in [-0.4, -0.2) is 64.4 Å². The van der Waals surface area contributed by atoms with E-state index in [9.17, 15) is 12.8 Å². The van der Waals surface area contributed by atoms with Gasteiger partial charge in [-0.05, 0) is 54.9 Å². The number of nitrogens with one attached hydrogen (secondary N) is 1. The molecule has 0 amide bonds. The molecule has 0 atom stereocenters. The van der Waals surface area contributed by atoms with E-state index in [1.165, 1.54) is 19.2 Å². The fraction of sp³-hybridized carbons (Fsp3) is 0.346. The highest BCUT2D eigenvalue weighted by molar-refractivity contribution is 7.92. The van der Waals surface area contributed by atoms with Crippen molar-refractivity contribution in [3.05, 3.63) is 54.5 Å². The molecule has 0 unspecified atom stereocenters. The quantitative estimate of drug-likeness (QED) is 0.469. The Bertz CT molecular complexity index is 1320. The molecule has 3 N–H and O–H groups in total. The number of nitrogens with two attached hydrogens (primary N) is 1. The Morgan fingerprint density at radius 1 is 1.06 bits per heavy atom. The number of aromatic nitrogens is 1. The molecule has 1 aliphatic rings. The minimum atomic E-state index is -3.66. The van der Waals surface area contributed by atoms with Crippen molar-refractivity contribution in [2.45, 2.75) is 13.3 Å². The number of hydrogen-bond donors (Lipinski definition) is 2. The lowest BCUT2D eigenvalue weighted by Gasteiger charge is -2.34. The molecule has 192 valence electrons. The van der Waals surface area contributed by atoms with Gasteiger partial charge in [0, 0.05) is 49.2 Å². The summed E-state index contributed by atoms with van der Waals surface area (Å²) >= 11 is 0. The minimum Gasteiger partial charge on any atom is -0.492 e. The van der Waals surface area contributed by atoms with Crippen LogP contribution in [0.5, 0.6) is 5.75 Å². The molecule has 0 bridgehead atoms. The summed E-state index contributed by atoms with van der Waals surface area (Å²) in [5.41, 5.74) is 9.99. The number of halogens is 1. The van der Waals surface area contributed by atoms with E-state index in [1.807, 2.05) is 18.2 Å². The summed E-state index contributed by atoms with van der Waals surface area (Å²) in [6, 6.07) is 12.9. The third-order valence-electron chi connectivity index (χ3n) is 6.28. The predicted octanol–water partition coefficient (Wildman–Crippen LogP) is 4.05. The average Bonchev–Trinajstić information content (AvgIpc) is 2.84. The van der Waals surface area contributed by atoms with Gasteiger partial charge in [0.2, 0.25) is 10.0 Å². The number of benzene rings is 2. The van der Waals surface area contributed by atoms with E-state index in [0.717, 1.165) is 43.0 Å². The van der Waals surface area contributed by atoms with Gasteiger partial charge in [0.1, 0.15) is 5.82 Å². The molecule has 0 radical (unpaired) electrons. The molecule has 2 heterocycles. The van der Waals surface area contributed by atoms with Crippen LogP contribution in [-0.2, 0) is 10.0 Å². The van der Waals surface area contributed by atoms with E-state index in [4.69, 9.17) is 10.5 Å². The van der Waals surface area contributed by atoms with Gasteiger partial charge in [-0.1, -0.05) is 19.1 Å². The molecule has 1 fully saturated rings. The second-order valence-electron chi connectivity index (χ2n) is 8.95. The van der Waals surface area contributed by atoms with Crippen LogP contribution < -0.4 is 20.1 Å². The van der Waals surface area contributed by atoms with Crippen LogP contribution in [0.2, 0.25) is 0 Å². The van der Waals surface area contributed by atoms with Gasteiger partial charge in [0.15, 0.2) is 11.6 Å². The van der Waals surface area contributed by atoms with Crippen LogP contribution >= 0.6 is 0 Å². The summed E-state index contributed by atoms with van der Waals surface area (Å²) in [6.07, 6.45) is 2.10. The minimum absolute atomic E-state index is 0.0160. The zero-order chi connectivity index (χ0) is 25.9. The molecule has 36 heavy (non-hydrogen) atoms. The van der Waals surface area contributed by atoms with Crippen molar-refractivity contribution < 1.29 is 17.5 Å². The maximum Gasteiger partial charge on any atom is 0.232 e. The SMILES string of the molecule is CCCS(=O)(=O)Nc1cc(-c2cc(-c3ccc(N4CCN(C)CC4)cc3)cnc2N)cc(F)c1OC. The predicted molar refractivity (Wildman–Crippen MR) is 143 cm³/mol. The van der Waals surface area contributed by atoms with E-state index in [0.29, 0.717) is 17.5 Å². The third kappa shape index (κ3) is 5.71. The summed E-state index contributed by atoms with van der Waals surface area (Å²) in [6.45, 7) is 5.78. The first-order chi connectivity index (χ1) is 17.2. The Labute approximate surface area is 211 Å². The van der Waals surface area contributed by atoms with Crippen LogP contribution in [0.1, 0.15) is 13.3 Å². The molecular formula is C26H32FN5O3S. The molecular weight excluding hydrogens is 481 g/mol. The second-order valence-corrected chi connectivity index (χ2v) is 10.8. The van der Waals surface area contributed by atoms with E-state index < -0.39 is 15.8 Å². The number of sulfonamides is 1. The van der Waals surface area contributed by atoms with Crippen molar-refractivity contribution >= 4 is 27.2 Å². The van der Waals surface area contributed by atoms with Gasteiger partial charge >= 0.3 is 0 Å². The summed E-state index contributed by atoms with van der Waals surface area (Å²) in [5, 5.41) is 0. The van der Waals surface area contributed by atoms with Crippen LogP contribution in [0.4, 0.5) is 21.6 Å². The Hall–Kier alpha value is -3.37. The lowest BCUT2D eigenvalue weighted by molar-refractivity contribution is 0.313. The van der Waals surface area contributed by atoms with Crippen LogP contribution in [0.15, 0.2) is 48.7 Å². The number of likely N-dealkylation sites (N-methyl/N-ethyl adjacent to an activating group) is 1. The smallest absolute Gasteiger partial charge is 0.232 e. The van der Waals surface area contributed by atoms with Gasteiger partial charge in [0.25, 0.3) is 0 Å². The van der Waals surface area contributed by atoms with Gasteiger partial charge in [-0.25, -0.2) is 17.8 Å². The average molecular weight is 514 g/mol. The zero-order valence-corrected chi connectivity index (χ0v) is 21.6. The Morgan fingerprint density at radius 2 is 1.75 bits per heavy atom. The number of methoxy groups -OCH3 is 1. The van der Waals surface area contributed by atoms with Gasteiger partial charge in [-0.2, -0.15) is 0 Å². The number of rotatable bonds is 8. The van der Waals surface area contributed by atoms with Crippen molar-refractivity contribution in [1.29, 1.82) is 0 Å². The number of hydrogen-bond acceptors (Lipinski definition) is 7. The monoisotopic (exact) mass is 513 g/mol. The lowest BCUT2D eigenvalue weighted by atomic mass is 10.00. The zero-order valence-electron chi connectivity index (χ0n) is 20.8. The number of nitrogens with zero attached hydrogens (tertiary/aromatic N) is 3. The Balaban J connectivity index is 1.67. The number of ether oxygens (including phenoxy) is 1. The summed E-state index contributed by atoms with van der Waals surface area (Å²) in [5.74, 6) is -0.767. The maximum absolute atomic E-state index is 14.9. The topological polar surface area (TPSA) is 101 Å². The van der Waals surface area contributed by atoms with Crippen LogP contribution in [0, 0.1) is 5.82 Å². The van der Waals surface area contributed by atoms with Crippen LogP contribution in [0.25, 0.3) is 22.3 Å². The fourth-order valence-corrected chi connectivity index (χ4v) is 5.44. The molecule has 4 rings (SSSR count). The molecule has 0 saturated carbocycles. The highest BCUT2D eigenvalue weighted by atomic mass is 32.2. The Morgan fingerprint density at radius 3 is 2.39 bits per heavy atom. The van der Waals surface area contributed by atoms with E-state index in [-0.39, 0.29) is 23.0 Å². The first kappa shape index (κ1) is 25.7. The second kappa shape index (κ2) is 10.7. The summed E-state index contributed by atoms with van der Waals surface area (Å²) in [7, 11) is -0.242. The highest BCUT2D eigenvalue weighted by Crippen LogP contribution is 2.37. The Kier molecular flexibility index (Phi) is 7.65. The number of nitrogen functional groups attached to an aromatic ring is 1.